The van der Waals surface area contributed by atoms with Crippen LogP contribution in [-0.2, 0) is 4.74 Å². The predicted octanol–water partition coefficient (Wildman–Crippen LogP) is 2.46. The van der Waals surface area contributed by atoms with Gasteiger partial charge in [-0.2, -0.15) is 0 Å². The van der Waals surface area contributed by atoms with E-state index in [2.05, 4.69) is 10.2 Å². The maximum Gasteiger partial charge on any atom is 0.251 e. The third-order valence-electron chi connectivity index (χ3n) is 5.22. The number of anilines is 1. The van der Waals surface area contributed by atoms with Crippen LogP contribution < -0.4 is 11.1 Å². The molecule has 6 heteroatoms. The Morgan fingerprint density at radius 1 is 1.12 bits per heavy atom. The Labute approximate surface area is 150 Å². The number of halogens is 1. The molecule has 1 heterocycles. The van der Waals surface area contributed by atoms with Crippen molar-refractivity contribution >= 4 is 24.0 Å². The third-order valence-corrected chi connectivity index (χ3v) is 5.22. The van der Waals surface area contributed by atoms with E-state index in [1.54, 1.807) is 24.3 Å². The van der Waals surface area contributed by atoms with Gasteiger partial charge in [-0.3, -0.25) is 9.69 Å². The summed E-state index contributed by atoms with van der Waals surface area (Å²) >= 11 is 0. The Balaban J connectivity index is 0.00000208. The van der Waals surface area contributed by atoms with Crippen molar-refractivity contribution in [2.24, 2.45) is 0 Å². The zero-order chi connectivity index (χ0) is 16.1. The standard InChI is InChI=1S/C18H27N3O2.ClH/c19-16-6-4-15(5-7-16)17(22)20-14-18(8-2-1-3-9-18)21-10-12-23-13-11-21;/h4-7H,1-3,8-14,19H2,(H,20,22);1H. The summed E-state index contributed by atoms with van der Waals surface area (Å²) in [5, 5.41) is 3.16. The number of nitrogens with zero attached hydrogens (tertiary/aromatic N) is 1. The molecule has 2 fully saturated rings. The molecule has 1 amide bonds. The van der Waals surface area contributed by atoms with Gasteiger partial charge >= 0.3 is 0 Å². The SMILES string of the molecule is Cl.Nc1ccc(C(=O)NCC2(N3CCOCC3)CCCCC2)cc1. The maximum atomic E-state index is 12.4. The summed E-state index contributed by atoms with van der Waals surface area (Å²) in [5.41, 5.74) is 7.14. The fourth-order valence-electron chi connectivity index (χ4n) is 3.83. The molecule has 0 bridgehead atoms. The van der Waals surface area contributed by atoms with E-state index >= 15 is 0 Å². The minimum atomic E-state index is -0.0109. The average molecular weight is 354 g/mol. The second-order valence-corrected chi connectivity index (χ2v) is 6.69. The molecule has 0 atom stereocenters. The lowest BCUT2D eigenvalue weighted by atomic mass is 9.79. The number of carbonyl (C=O) groups excluding carboxylic acids is 1. The van der Waals surface area contributed by atoms with Crippen LogP contribution in [0.3, 0.4) is 0 Å². The van der Waals surface area contributed by atoms with Gasteiger partial charge in [0.25, 0.3) is 5.91 Å². The smallest absolute Gasteiger partial charge is 0.251 e. The van der Waals surface area contributed by atoms with Crippen LogP contribution in [0.5, 0.6) is 0 Å². The summed E-state index contributed by atoms with van der Waals surface area (Å²) in [4.78, 5) is 15.0. The van der Waals surface area contributed by atoms with E-state index in [0.717, 1.165) is 45.7 Å². The third kappa shape index (κ3) is 4.41. The van der Waals surface area contributed by atoms with Gasteiger partial charge in [-0.25, -0.2) is 0 Å². The molecule has 1 saturated heterocycles. The Morgan fingerprint density at radius 3 is 2.38 bits per heavy atom. The summed E-state index contributed by atoms with van der Waals surface area (Å²) in [5.74, 6) is -0.0109. The van der Waals surface area contributed by atoms with Gasteiger partial charge < -0.3 is 15.8 Å². The van der Waals surface area contributed by atoms with Gasteiger partial charge in [0, 0.05) is 36.4 Å². The summed E-state index contributed by atoms with van der Waals surface area (Å²) in [6, 6.07) is 7.11. The molecule has 24 heavy (non-hydrogen) atoms. The number of benzene rings is 1. The number of carbonyl (C=O) groups is 1. The first-order valence-electron chi connectivity index (χ1n) is 8.66. The number of ether oxygens (including phenoxy) is 1. The lowest BCUT2D eigenvalue weighted by Gasteiger charge is -2.48. The van der Waals surface area contributed by atoms with Crippen molar-refractivity contribution in [3.05, 3.63) is 29.8 Å². The summed E-state index contributed by atoms with van der Waals surface area (Å²) in [6.07, 6.45) is 6.12. The first-order chi connectivity index (χ1) is 11.2. The second-order valence-electron chi connectivity index (χ2n) is 6.69. The van der Waals surface area contributed by atoms with Crippen molar-refractivity contribution in [3.63, 3.8) is 0 Å². The number of morpholine rings is 1. The lowest BCUT2D eigenvalue weighted by Crippen LogP contribution is -2.59. The monoisotopic (exact) mass is 353 g/mol. The number of amides is 1. The van der Waals surface area contributed by atoms with Gasteiger partial charge in [-0.05, 0) is 37.1 Å². The van der Waals surface area contributed by atoms with Crippen LogP contribution in [0.15, 0.2) is 24.3 Å². The van der Waals surface area contributed by atoms with E-state index in [9.17, 15) is 4.79 Å². The Bertz CT molecular complexity index is 524. The molecule has 1 aliphatic carbocycles. The molecule has 134 valence electrons. The van der Waals surface area contributed by atoms with Crippen molar-refractivity contribution in [1.29, 1.82) is 0 Å². The number of rotatable bonds is 4. The normalized spacial score (nSPS) is 20.8. The first kappa shape index (κ1) is 19.0. The summed E-state index contributed by atoms with van der Waals surface area (Å²) in [6.45, 7) is 4.26. The van der Waals surface area contributed by atoms with Crippen LogP contribution in [0.1, 0.15) is 42.5 Å². The molecule has 1 aromatic rings. The van der Waals surface area contributed by atoms with Gasteiger partial charge in [0.2, 0.25) is 0 Å². The van der Waals surface area contributed by atoms with Crippen LogP contribution >= 0.6 is 12.4 Å². The Morgan fingerprint density at radius 2 is 1.75 bits per heavy atom. The molecule has 1 aromatic carbocycles. The average Bonchev–Trinajstić information content (AvgIpc) is 2.62. The van der Waals surface area contributed by atoms with Crippen molar-refractivity contribution in [1.82, 2.24) is 10.2 Å². The highest BCUT2D eigenvalue weighted by Gasteiger charge is 2.38. The minimum Gasteiger partial charge on any atom is -0.399 e. The molecule has 0 radical (unpaired) electrons. The van der Waals surface area contributed by atoms with E-state index in [0.29, 0.717) is 11.3 Å². The number of nitrogens with two attached hydrogens (primary N) is 1. The van der Waals surface area contributed by atoms with Crippen molar-refractivity contribution in [3.8, 4) is 0 Å². The number of nitrogen functional groups attached to an aromatic ring is 1. The van der Waals surface area contributed by atoms with E-state index in [-0.39, 0.29) is 23.9 Å². The van der Waals surface area contributed by atoms with Crippen molar-refractivity contribution in [2.45, 2.75) is 37.6 Å². The fourth-order valence-corrected chi connectivity index (χ4v) is 3.83. The topological polar surface area (TPSA) is 67.6 Å². The molecular formula is C18H28ClN3O2. The summed E-state index contributed by atoms with van der Waals surface area (Å²) < 4.78 is 5.50. The molecule has 3 N–H and O–H groups in total. The van der Waals surface area contributed by atoms with Gasteiger partial charge in [0.1, 0.15) is 0 Å². The molecule has 5 nitrogen and oxygen atoms in total. The van der Waals surface area contributed by atoms with Gasteiger partial charge in [-0.15, -0.1) is 12.4 Å². The van der Waals surface area contributed by atoms with Crippen molar-refractivity contribution < 1.29 is 9.53 Å². The molecule has 0 spiro atoms. The van der Waals surface area contributed by atoms with Crippen LogP contribution in [0, 0.1) is 0 Å². The molecule has 0 unspecified atom stereocenters. The molecule has 0 aromatic heterocycles. The van der Waals surface area contributed by atoms with Crippen molar-refractivity contribution in [2.75, 3.05) is 38.6 Å². The van der Waals surface area contributed by atoms with E-state index in [1.165, 1.54) is 19.3 Å². The van der Waals surface area contributed by atoms with E-state index in [1.807, 2.05) is 0 Å². The van der Waals surface area contributed by atoms with Crippen LogP contribution in [0.2, 0.25) is 0 Å². The van der Waals surface area contributed by atoms with Crippen LogP contribution in [0.25, 0.3) is 0 Å². The molecule has 3 rings (SSSR count). The van der Waals surface area contributed by atoms with E-state index in [4.69, 9.17) is 10.5 Å². The first-order valence-corrected chi connectivity index (χ1v) is 8.66. The Hall–Kier alpha value is -1.30. The van der Waals surface area contributed by atoms with Gasteiger partial charge in [-0.1, -0.05) is 19.3 Å². The fraction of sp³-hybridized carbons (Fsp3) is 0.611. The zero-order valence-electron chi connectivity index (χ0n) is 14.1. The quantitative estimate of drug-likeness (QED) is 0.816. The number of hydrogen-bond donors (Lipinski definition) is 2. The summed E-state index contributed by atoms with van der Waals surface area (Å²) in [7, 11) is 0. The highest BCUT2D eigenvalue weighted by atomic mass is 35.5. The predicted molar refractivity (Wildman–Crippen MR) is 98.6 cm³/mol. The second kappa shape index (κ2) is 8.70. The zero-order valence-corrected chi connectivity index (χ0v) is 14.9. The Kier molecular flexibility index (Phi) is 6.90. The maximum absolute atomic E-state index is 12.4. The highest BCUT2D eigenvalue weighted by Crippen LogP contribution is 2.33. The molecular weight excluding hydrogens is 326 g/mol. The van der Waals surface area contributed by atoms with E-state index < -0.39 is 0 Å². The molecule has 1 saturated carbocycles. The minimum absolute atomic E-state index is 0. The van der Waals surface area contributed by atoms with Gasteiger partial charge in [0.15, 0.2) is 0 Å². The van der Waals surface area contributed by atoms with Gasteiger partial charge in [0.05, 0.1) is 13.2 Å². The number of hydrogen-bond acceptors (Lipinski definition) is 4. The highest BCUT2D eigenvalue weighted by molar-refractivity contribution is 5.94. The molecule has 1 aliphatic heterocycles. The molecule has 2 aliphatic rings. The largest absolute Gasteiger partial charge is 0.399 e. The van der Waals surface area contributed by atoms with Crippen LogP contribution in [-0.4, -0.2) is 49.2 Å². The lowest BCUT2D eigenvalue weighted by molar-refractivity contribution is -0.0361. The number of nitrogens with one attached hydrogen (secondary N) is 1. The van der Waals surface area contributed by atoms with Crippen LogP contribution in [0.4, 0.5) is 5.69 Å².